The van der Waals surface area contributed by atoms with Crippen LogP contribution in [0.2, 0.25) is 0 Å². The lowest BCUT2D eigenvalue weighted by Crippen LogP contribution is -2.45. The van der Waals surface area contributed by atoms with Crippen LogP contribution in [0.15, 0.2) is 48.6 Å². The van der Waals surface area contributed by atoms with Gasteiger partial charge in [-0.15, -0.1) is 0 Å². The fourth-order valence-electron chi connectivity index (χ4n) is 4.14. The van der Waals surface area contributed by atoms with Gasteiger partial charge in [0.1, 0.15) is 0 Å². The minimum atomic E-state index is -0.891. The molecule has 1 amide bonds. The highest BCUT2D eigenvalue weighted by atomic mass is 16.3. The number of hydrogen-bond donors (Lipinski definition) is 3. The van der Waals surface area contributed by atoms with Crippen LogP contribution in [0.3, 0.4) is 0 Å². The molecular weight excluding hydrogens is 458 g/mol. The summed E-state index contributed by atoms with van der Waals surface area (Å²) >= 11 is 0. The first kappa shape index (κ1) is 35.4. The number of carbonyl (C=O) groups is 1. The van der Waals surface area contributed by atoms with Crippen molar-refractivity contribution in [1.29, 1.82) is 0 Å². The summed E-state index contributed by atoms with van der Waals surface area (Å²) in [5, 5.41) is 22.6. The zero-order chi connectivity index (χ0) is 27.2. The molecule has 0 saturated carbocycles. The van der Waals surface area contributed by atoms with Crippen LogP contribution in [0.4, 0.5) is 0 Å². The van der Waals surface area contributed by atoms with Gasteiger partial charge in [-0.2, -0.15) is 0 Å². The fourth-order valence-corrected chi connectivity index (χ4v) is 4.14. The van der Waals surface area contributed by atoms with E-state index in [-0.39, 0.29) is 12.5 Å². The van der Waals surface area contributed by atoms with Crippen LogP contribution in [0.25, 0.3) is 0 Å². The summed E-state index contributed by atoms with van der Waals surface area (Å²) in [6, 6.07) is -0.659. The van der Waals surface area contributed by atoms with E-state index in [2.05, 4.69) is 49.5 Å². The van der Waals surface area contributed by atoms with Crippen LogP contribution >= 0.6 is 0 Å². The van der Waals surface area contributed by atoms with Gasteiger partial charge < -0.3 is 15.5 Å². The van der Waals surface area contributed by atoms with E-state index in [1.54, 1.807) is 12.2 Å². The highest BCUT2D eigenvalue weighted by molar-refractivity contribution is 5.76. The number of carbonyl (C=O) groups excluding carboxylic acids is 1. The Bertz CT molecular complexity index is 609. The van der Waals surface area contributed by atoms with Crippen LogP contribution in [0.1, 0.15) is 136 Å². The van der Waals surface area contributed by atoms with Crippen LogP contribution in [-0.4, -0.2) is 34.9 Å². The summed E-state index contributed by atoms with van der Waals surface area (Å²) in [4.78, 5) is 12.2. The molecule has 0 spiro atoms. The molecule has 3 N–H and O–H groups in total. The van der Waals surface area contributed by atoms with Crippen molar-refractivity contribution in [3.63, 3.8) is 0 Å². The Morgan fingerprint density at radius 2 is 1.19 bits per heavy atom. The molecular formula is C33H59NO3. The van der Waals surface area contributed by atoms with Crippen molar-refractivity contribution in [3.05, 3.63) is 48.6 Å². The maximum absolute atomic E-state index is 12.2. The van der Waals surface area contributed by atoms with E-state index in [4.69, 9.17) is 0 Å². The third-order valence-corrected chi connectivity index (χ3v) is 6.59. The molecule has 214 valence electrons. The molecule has 0 aromatic heterocycles. The van der Waals surface area contributed by atoms with Crippen molar-refractivity contribution in [2.45, 2.75) is 148 Å². The monoisotopic (exact) mass is 517 g/mol. The second kappa shape index (κ2) is 28.9. The van der Waals surface area contributed by atoms with E-state index in [0.717, 1.165) is 38.5 Å². The number of aliphatic hydroxyl groups excluding tert-OH is 2. The maximum atomic E-state index is 12.2. The lowest BCUT2D eigenvalue weighted by atomic mass is 10.1. The van der Waals surface area contributed by atoms with Crippen LogP contribution in [-0.2, 0) is 4.79 Å². The van der Waals surface area contributed by atoms with Crippen molar-refractivity contribution < 1.29 is 15.0 Å². The highest BCUT2D eigenvalue weighted by Gasteiger charge is 2.17. The minimum Gasteiger partial charge on any atom is -0.394 e. The van der Waals surface area contributed by atoms with Crippen molar-refractivity contribution >= 4 is 5.91 Å². The summed E-state index contributed by atoms with van der Waals surface area (Å²) < 4.78 is 0. The number of aliphatic hydroxyl groups is 2. The Labute approximate surface area is 229 Å². The van der Waals surface area contributed by atoms with E-state index in [1.807, 2.05) is 6.08 Å². The molecule has 0 unspecified atom stereocenters. The average molecular weight is 518 g/mol. The number of amides is 1. The molecule has 0 aliphatic heterocycles. The predicted octanol–water partition coefficient (Wildman–Crippen LogP) is 8.50. The molecule has 4 heteroatoms. The summed E-state index contributed by atoms with van der Waals surface area (Å²) in [7, 11) is 0. The largest absolute Gasteiger partial charge is 0.394 e. The van der Waals surface area contributed by atoms with Gasteiger partial charge in [-0.3, -0.25) is 4.79 Å². The van der Waals surface area contributed by atoms with Gasteiger partial charge in [-0.25, -0.2) is 0 Å². The molecule has 2 atom stereocenters. The molecule has 0 aliphatic rings. The van der Waals surface area contributed by atoms with Crippen molar-refractivity contribution in [3.8, 4) is 0 Å². The Balaban J connectivity index is 3.78. The normalized spacial score (nSPS) is 13.9. The quantitative estimate of drug-likeness (QED) is 0.0612. The Kier molecular flexibility index (Phi) is 27.6. The number of rotatable bonds is 26. The highest BCUT2D eigenvalue weighted by Crippen LogP contribution is 2.09. The summed E-state index contributed by atoms with van der Waals surface area (Å²) in [5.41, 5.74) is 0. The van der Waals surface area contributed by atoms with Gasteiger partial charge >= 0.3 is 0 Å². The number of unbranched alkanes of at least 4 members (excludes halogenated alkanes) is 14. The zero-order valence-electron chi connectivity index (χ0n) is 24.2. The molecule has 0 aliphatic carbocycles. The smallest absolute Gasteiger partial charge is 0.220 e. The number of hydrogen-bond acceptors (Lipinski definition) is 3. The van der Waals surface area contributed by atoms with Crippen molar-refractivity contribution in [1.82, 2.24) is 5.32 Å². The van der Waals surface area contributed by atoms with Crippen LogP contribution in [0.5, 0.6) is 0 Å². The van der Waals surface area contributed by atoms with Gasteiger partial charge in [-0.1, -0.05) is 127 Å². The van der Waals surface area contributed by atoms with Crippen LogP contribution < -0.4 is 5.32 Å². The molecule has 4 nitrogen and oxygen atoms in total. The van der Waals surface area contributed by atoms with Gasteiger partial charge in [0.15, 0.2) is 0 Å². The molecule has 0 bridgehead atoms. The number of nitrogens with one attached hydrogen (secondary N) is 1. The molecule has 37 heavy (non-hydrogen) atoms. The lowest BCUT2D eigenvalue weighted by molar-refractivity contribution is -0.123. The standard InChI is InChI=1S/C33H59NO3/c1-3-5-7-9-11-13-15-16-17-18-19-21-23-25-27-29-33(37)34-31(30-35)32(36)28-26-24-22-20-14-12-10-8-6-4-2/h11,13,16-17,22,24,26,28,31-32,35-36H,3-10,12,14-15,18-21,23,25,27,29-30H2,1-2H3,(H,34,37)/b13-11+,17-16+,24-22+,28-26+/t31-,32+/m0/s1. The fraction of sp³-hybridized carbons (Fsp3) is 0.727. The Hall–Kier alpha value is -1.65. The van der Waals surface area contributed by atoms with E-state index < -0.39 is 12.1 Å². The SMILES string of the molecule is CCCCC/C=C/C/C=C/CCCCCCCC(=O)N[C@@H](CO)[C@H](O)/C=C/C=C/CCCCCCCC. The zero-order valence-corrected chi connectivity index (χ0v) is 24.2. The van der Waals surface area contributed by atoms with Gasteiger partial charge in [0.25, 0.3) is 0 Å². The second-order valence-corrected chi connectivity index (χ2v) is 10.2. The Morgan fingerprint density at radius 1 is 0.676 bits per heavy atom. The molecule has 0 fully saturated rings. The summed E-state index contributed by atoms with van der Waals surface area (Å²) in [6.45, 7) is 4.19. The van der Waals surface area contributed by atoms with Crippen LogP contribution in [0, 0.1) is 0 Å². The van der Waals surface area contributed by atoms with Gasteiger partial charge in [0, 0.05) is 6.42 Å². The van der Waals surface area contributed by atoms with Gasteiger partial charge in [-0.05, 0) is 51.4 Å². The minimum absolute atomic E-state index is 0.101. The maximum Gasteiger partial charge on any atom is 0.220 e. The van der Waals surface area contributed by atoms with E-state index >= 15 is 0 Å². The summed E-state index contributed by atoms with van der Waals surface area (Å²) in [6.07, 6.45) is 37.6. The molecule has 0 saturated heterocycles. The third kappa shape index (κ3) is 25.8. The molecule has 0 aromatic rings. The lowest BCUT2D eigenvalue weighted by Gasteiger charge is -2.19. The third-order valence-electron chi connectivity index (χ3n) is 6.59. The van der Waals surface area contributed by atoms with E-state index in [1.165, 1.54) is 77.0 Å². The molecule has 0 aromatic carbocycles. The first-order valence-electron chi connectivity index (χ1n) is 15.4. The van der Waals surface area contributed by atoms with Crippen molar-refractivity contribution in [2.75, 3.05) is 6.61 Å². The molecule has 0 rings (SSSR count). The first-order chi connectivity index (χ1) is 18.2. The topological polar surface area (TPSA) is 69.6 Å². The van der Waals surface area contributed by atoms with Crippen molar-refractivity contribution in [2.24, 2.45) is 0 Å². The van der Waals surface area contributed by atoms with E-state index in [0.29, 0.717) is 6.42 Å². The molecule has 0 radical (unpaired) electrons. The molecule has 0 heterocycles. The predicted molar refractivity (Wildman–Crippen MR) is 161 cm³/mol. The second-order valence-electron chi connectivity index (χ2n) is 10.2. The Morgan fingerprint density at radius 3 is 1.81 bits per heavy atom. The average Bonchev–Trinajstić information content (AvgIpc) is 2.90. The van der Waals surface area contributed by atoms with Gasteiger partial charge in [0.05, 0.1) is 18.8 Å². The first-order valence-corrected chi connectivity index (χ1v) is 15.4. The summed E-state index contributed by atoms with van der Waals surface area (Å²) in [5.74, 6) is -0.101. The number of allylic oxidation sites excluding steroid dienone is 7. The van der Waals surface area contributed by atoms with E-state index in [9.17, 15) is 15.0 Å². The van der Waals surface area contributed by atoms with Gasteiger partial charge in [0.2, 0.25) is 5.91 Å².